The van der Waals surface area contributed by atoms with Crippen molar-refractivity contribution in [1.29, 1.82) is 5.41 Å². The van der Waals surface area contributed by atoms with Crippen molar-refractivity contribution in [3.05, 3.63) is 29.8 Å². The number of rotatable bonds is 4. The second-order valence-electron chi connectivity index (χ2n) is 5.05. The predicted molar refractivity (Wildman–Crippen MR) is 110 cm³/mol. The second-order valence-corrected chi connectivity index (χ2v) is 5.05. The lowest BCUT2D eigenvalue weighted by molar-refractivity contribution is 0.359. The summed E-state index contributed by atoms with van der Waals surface area (Å²) in [5.41, 5.74) is 2.27. The first-order valence-electron chi connectivity index (χ1n) is 8.64. The SMILES string of the molecule is C=N.CC.CNc1ccc(C(C)N=C(/C=N\N)N2CCNCC2)cc1. The Balaban J connectivity index is 0.00000134. The summed E-state index contributed by atoms with van der Waals surface area (Å²) in [4.78, 5) is 6.99. The van der Waals surface area contributed by atoms with Gasteiger partial charge in [0.05, 0.1) is 12.3 Å². The summed E-state index contributed by atoms with van der Waals surface area (Å²) in [5, 5.41) is 15.6. The first kappa shape index (κ1) is 22.6. The van der Waals surface area contributed by atoms with E-state index < -0.39 is 0 Å². The second kappa shape index (κ2) is 14.0. The summed E-state index contributed by atoms with van der Waals surface area (Å²) in [6.07, 6.45) is 1.64. The molecule has 7 nitrogen and oxygen atoms in total. The average molecular weight is 348 g/mol. The summed E-state index contributed by atoms with van der Waals surface area (Å²) in [6, 6.07) is 8.37. The Labute approximate surface area is 151 Å². The van der Waals surface area contributed by atoms with Crippen molar-refractivity contribution in [3.63, 3.8) is 0 Å². The quantitative estimate of drug-likeness (QED) is 0.290. The Morgan fingerprint density at radius 2 is 1.84 bits per heavy atom. The van der Waals surface area contributed by atoms with Crippen LogP contribution in [-0.2, 0) is 0 Å². The molecule has 0 aromatic heterocycles. The van der Waals surface area contributed by atoms with Crippen molar-refractivity contribution in [2.75, 3.05) is 38.5 Å². The summed E-state index contributed by atoms with van der Waals surface area (Å²) in [6.45, 7) is 12.4. The molecule has 140 valence electrons. The van der Waals surface area contributed by atoms with Crippen LogP contribution in [0.25, 0.3) is 0 Å². The van der Waals surface area contributed by atoms with E-state index in [2.05, 4.69) is 58.5 Å². The van der Waals surface area contributed by atoms with Crippen molar-refractivity contribution in [1.82, 2.24) is 10.2 Å². The smallest absolute Gasteiger partial charge is 0.144 e. The molecule has 1 fully saturated rings. The molecule has 0 aliphatic carbocycles. The maximum Gasteiger partial charge on any atom is 0.144 e. The Bertz CT molecular complexity index is 505. The lowest BCUT2D eigenvalue weighted by atomic mass is 10.1. The van der Waals surface area contributed by atoms with Crippen molar-refractivity contribution < 1.29 is 0 Å². The number of hydrogen-bond donors (Lipinski definition) is 4. The third kappa shape index (κ3) is 7.80. The summed E-state index contributed by atoms with van der Waals surface area (Å²) in [5.74, 6) is 6.18. The molecule has 0 spiro atoms. The number of anilines is 1. The van der Waals surface area contributed by atoms with Gasteiger partial charge in [0.15, 0.2) is 0 Å². The molecule has 1 aliphatic heterocycles. The van der Waals surface area contributed by atoms with Crippen LogP contribution in [0.5, 0.6) is 0 Å². The highest BCUT2D eigenvalue weighted by molar-refractivity contribution is 6.29. The maximum atomic E-state index is 5.50. The molecule has 1 aromatic rings. The van der Waals surface area contributed by atoms with Gasteiger partial charge in [-0.05, 0) is 31.3 Å². The molecule has 25 heavy (non-hydrogen) atoms. The van der Waals surface area contributed by atoms with E-state index in [0.29, 0.717) is 0 Å². The number of benzene rings is 1. The fourth-order valence-electron chi connectivity index (χ4n) is 2.36. The van der Waals surface area contributed by atoms with Crippen LogP contribution in [0.15, 0.2) is 34.4 Å². The Kier molecular flexibility index (Phi) is 12.6. The fourth-order valence-corrected chi connectivity index (χ4v) is 2.36. The van der Waals surface area contributed by atoms with Gasteiger partial charge >= 0.3 is 0 Å². The number of nitrogens with zero attached hydrogens (tertiary/aromatic N) is 3. The van der Waals surface area contributed by atoms with Gasteiger partial charge in [0.1, 0.15) is 5.84 Å². The predicted octanol–water partition coefficient (Wildman–Crippen LogP) is 2.33. The topological polar surface area (TPSA) is 102 Å². The highest BCUT2D eigenvalue weighted by Crippen LogP contribution is 2.19. The molecule has 1 heterocycles. The molecule has 1 unspecified atom stereocenters. The standard InChI is InChI=1S/C15H24N6.C2H6.CH3N/c1-12(13-3-5-14(17-2)6-4-13)20-15(11-19-16)21-9-7-18-8-10-21;2*1-2/h3-6,11-12,17-18H,7-10,16H2,1-2H3;1-2H3;2H,1H2/b19-11-,20-15?;;. The van der Waals surface area contributed by atoms with E-state index in [0.717, 1.165) is 37.7 Å². The van der Waals surface area contributed by atoms with Crippen LogP contribution < -0.4 is 16.5 Å². The minimum Gasteiger partial charge on any atom is -0.388 e. The number of hydrazone groups is 1. The molecule has 0 amide bonds. The number of nitrogens with one attached hydrogen (secondary N) is 3. The lowest BCUT2D eigenvalue weighted by Gasteiger charge is -2.29. The zero-order valence-electron chi connectivity index (χ0n) is 15.9. The van der Waals surface area contributed by atoms with Gasteiger partial charge in [0.2, 0.25) is 0 Å². The first-order valence-corrected chi connectivity index (χ1v) is 8.64. The molecule has 5 N–H and O–H groups in total. The largest absolute Gasteiger partial charge is 0.388 e. The number of piperazine rings is 1. The van der Waals surface area contributed by atoms with Gasteiger partial charge in [-0.25, -0.2) is 0 Å². The zero-order valence-corrected chi connectivity index (χ0v) is 15.9. The molecule has 1 aliphatic rings. The molecule has 7 heteroatoms. The Hall–Kier alpha value is -2.41. The third-order valence-corrected chi connectivity index (χ3v) is 3.64. The van der Waals surface area contributed by atoms with E-state index in [9.17, 15) is 0 Å². The highest BCUT2D eigenvalue weighted by Gasteiger charge is 2.14. The molecule has 1 aromatic carbocycles. The summed E-state index contributed by atoms with van der Waals surface area (Å²) < 4.78 is 0. The normalized spacial score (nSPS) is 15.5. The molecule has 0 bridgehead atoms. The third-order valence-electron chi connectivity index (χ3n) is 3.64. The average Bonchev–Trinajstić information content (AvgIpc) is 2.71. The van der Waals surface area contributed by atoms with Crippen LogP contribution in [-0.4, -0.2) is 56.9 Å². The molecule has 0 radical (unpaired) electrons. The monoisotopic (exact) mass is 347 g/mol. The van der Waals surface area contributed by atoms with Crippen molar-refractivity contribution >= 4 is 24.5 Å². The zero-order chi connectivity index (χ0) is 19.1. The van der Waals surface area contributed by atoms with Crippen LogP contribution in [0, 0.1) is 5.41 Å². The van der Waals surface area contributed by atoms with Gasteiger partial charge in [-0.3, -0.25) is 4.99 Å². The minimum absolute atomic E-state index is 0.0683. The van der Waals surface area contributed by atoms with Gasteiger partial charge in [-0.15, -0.1) is 0 Å². The molecule has 0 saturated carbocycles. The van der Waals surface area contributed by atoms with Gasteiger partial charge < -0.3 is 26.8 Å². The van der Waals surface area contributed by atoms with E-state index in [1.807, 2.05) is 20.9 Å². The van der Waals surface area contributed by atoms with Crippen molar-refractivity contribution in [3.8, 4) is 0 Å². The van der Waals surface area contributed by atoms with Gasteiger partial charge in [0, 0.05) is 38.9 Å². The number of amidine groups is 1. The first-order chi connectivity index (χ1) is 12.2. The van der Waals surface area contributed by atoms with Crippen LogP contribution >= 0.6 is 0 Å². The maximum absolute atomic E-state index is 5.50. The highest BCUT2D eigenvalue weighted by atomic mass is 15.2. The van der Waals surface area contributed by atoms with Crippen molar-refractivity contribution in [2.45, 2.75) is 26.8 Å². The van der Waals surface area contributed by atoms with E-state index >= 15 is 0 Å². The number of aliphatic imine (C=N–C) groups is 1. The van der Waals surface area contributed by atoms with Crippen LogP contribution in [0.1, 0.15) is 32.4 Å². The summed E-state index contributed by atoms with van der Waals surface area (Å²) in [7, 11) is 1.91. The minimum atomic E-state index is 0.0683. The van der Waals surface area contributed by atoms with Gasteiger partial charge in [-0.1, -0.05) is 26.0 Å². The molecule has 2 rings (SSSR count). The molecule has 1 saturated heterocycles. The van der Waals surface area contributed by atoms with E-state index in [1.165, 1.54) is 5.56 Å². The Morgan fingerprint density at radius 1 is 1.28 bits per heavy atom. The Morgan fingerprint density at radius 3 is 2.32 bits per heavy atom. The molecular weight excluding hydrogens is 314 g/mol. The van der Waals surface area contributed by atoms with Gasteiger partial charge in [0.25, 0.3) is 0 Å². The number of nitrogens with two attached hydrogens (primary N) is 1. The lowest BCUT2D eigenvalue weighted by Crippen LogP contribution is -2.47. The number of hydrogen-bond acceptors (Lipinski definition) is 6. The van der Waals surface area contributed by atoms with E-state index in [-0.39, 0.29) is 6.04 Å². The fraction of sp³-hybridized carbons (Fsp3) is 0.500. The van der Waals surface area contributed by atoms with Crippen molar-refractivity contribution in [2.24, 2.45) is 15.9 Å². The molecule has 1 atom stereocenters. The van der Waals surface area contributed by atoms with Crippen LogP contribution in [0.4, 0.5) is 5.69 Å². The summed E-state index contributed by atoms with van der Waals surface area (Å²) >= 11 is 0. The van der Waals surface area contributed by atoms with Crippen LogP contribution in [0.2, 0.25) is 0 Å². The van der Waals surface area contributed by atoms with E-state index in [1.54, 1.807) is 6.21 Å². The van der Waals surface area contributed by atoms with Gasteiger partial charge in [-0.2, -0.15) is 5.10 Å². The molecular formula is C18H33N7. The van der Waals surface area contributed by atoms with Crippen LogP contribution in [0.3, 0.4) is 0 Å². The van der Waals surface area contributed by atoms with E-state index in [4.69, 9.17) is 16.2 Å².